The minimum atomic E-state index is -0.945. The lowest BCUT2D eigenvalue weighted by molar-refractivity contribution is -0.143. The fourth-order valence-corrected chi connectivity index (χ4v) is 3.19. The van der Waals surface area contributed by atoms with Crippen LogP contribution in [0.25, 0.3) is 0 Å². The molecule has 4 N–H and O–H groups in total. The third-order valence-corrected chi connectivity index (χ3v) is 5.33. The quantitative estimate of drug-likeness (QED) is 0.411. The molecule has 0 aliphatic heterocycles. The number of benzene rings is 1. The third kappa shape index (κ3) is 8.20. The number of ether oxygens (including phenoxy) is 3. The van der Waals surface area contributed by atoms with Crippen LogP contribution in [-0.4, -0.2) is 55.1 Å². The molecule has 0 aliphatic carbocycles. The largest absolute Gasteiger partial charge is 0.493 e. The molecule has 8 nitrogen and oxygen atoms in total. The molecule has 0 saturated heterocycles. The Kier molecular flexibility index (Phi) is 10.6. The molecular formula is C22H35NO7. The van der Waals surface area contributed by atoms with Crippen LogP contribution >= 0.6 is 0 Å². The number of aliphatic carboxylic acids is 1. The highest BCUT2D eigenvalue weighted by Crippen LogP contribution is 2.31. The first-order valence-corrected chi connectivity index (χ1v) is 10.1. The topological polar surface area (TPSA) is 128 Å². The van der Waals surface area contributed by atoms with E-state index < -0.39 is 30.0 Å². The van der Waals surface area contributed by atoms with Crippen molar-refractivity contribution in [3.05, 3.63) is 23.8 Å². The van der Waals surface area contributed by atoms with Crippen molar-refractivity contribution in [2.24, 2.45) is 23.5 Å². The first-order chi connectivity index (χ1) is 14.1. The molecule has 8 heteroatoms. The maximum atomic E-state index is 11.4. The summed E-state index contributed by atoms with van der Waals surface area (Å²) < 4.78 is 15.4. The lowest BCUT2D eigenvalue weighted by Gasteiger charge is -2.28. The highest BCUT2D eigenvalue weighted by Gasteiger charge is 2.26. The number of nitrogens with two attached hydrogens (primary N) is 1. The van der Waals surface area contributed by atoms with Crippen LogP contribution in [-0.2, 0) is 20.7 Å². The maximum absolute atomic E-state index is 11.4. The van der Waals surface area contributed by atoms with Gasteiger partial charge >= 0.3 is 11.9 Å². The third-order valence-electron chi connectivity index (χ3n) is 5.33. The Labute approximate surface area is 178 Å². The number of esters is 1. The van der Waals surface area contributed by atoms with Crippen LogP contribution < -0.4 is 15.2 Å². The number of carbonyl (C=O) groups is 2. The van der Waals surface area contributed by atoms with Crippen molar-refractivity contribution < 1.29 is 34.0 Å². The number of hydrogen-bond donors (Lipinski definition) is 3. The van der Waals surface area contributed by atoms with Gasteiger partial charge in [0.25, 0.3) is 0 Å². The van der Waals surface area contributed by atoms with Crippen LogP contribution in [0.4, 0.5) is 0 Å². The molecule has 0 aliphatic rings. The molecule has 170 valence electrons. The summed E-state index contributed by atoms with van der Waals surface area (Å²) in [7, 11) is 2.82. The average molecular weight is 426 g/mol. The zero-order valence-electron chi connectivity index (χ0n) is 18.5. The van der Waals surface area contributed by atoms with Crippen molar-refractivity contribution in [2.45, 2.75) is 52.2 Å². The highest BCUT2D eigenvalue weighted by molar-refractivity contribution is 5.71. The SMILES string of the molecule is COC(=O)COc1cc(CC(CC(N)C(O)CC(C)C(=O)O)C(C)C)ccc1OC. The first-order valence-electron chi connectivity index (χ1n) is 10.1. The Morgan fingerprint density at radius 1 is 1.10 bits per heavy atom. The van der Waals surface area contributed by atoms with Gasteiger partial charge in [0.15, 0.2) is 18.1 Å². The van der Waals surface area contributed by atoms with Gasteiger partial charge in [0.1, 0.15) is 0 Å². The summed E-state index contributed by atoms with van der Waals surface area (Å²) in [5.74, 6) is -0.670. The Bertz CT molecular complexity index is 692. The number of carboxylic acids is 1. The first kappa shape index (κ1) is 25.7. The summed E-state index contributed by atoms with van der Waals surface area (Å²) >= 11 is 0. The minimum Gasteiger partial charge on any atom is -0.493 e. The fraction of sp³-hybridized carbons (Fsp3) is 0.636. The van der Waals surface area contributed by atoms with Gasteiger partial charge in [-0.25, -0.2) is 4.79 Å². The smallest absolute Gasteiger partial charge is 0.343 e. The summed E-state index contributed by atoms with van der Waals surface area (Å²) in [6, 6.07) is 5.01. The second kappa shape index (κ2) is 12.4. The van der Waals surface area contributed by atoms with E-state index in [1.807, 2.05) is 12.1 Å². The second-order valence-electron chi connectivity index (χ2n) is 8.00. The van der Waals surface area contributed by atoms with E-state index >= 15 is 0 Å². The van der Waals surface area contributed by atoms with Crippen molar-refractivity contribution in [3.63, 3.8) is 0 Å². The van der Waals surface area contributed by atoms with E-state index in [-0.39, 0.29) is 18.9 Å². The number of carbonyl (C=O) groups excluding carboxylic acids is 1. The number of carboxylic acid groups (broad SMARTS) is 1. The maximum Gasteiger partial charge on any atom is 0.343 e. The minimum absolute atomic E-state index is 0.120. The molecule has 4 atom stereocenters. The Morgan fingerprint density at radius 2 is 1.77 bits per heavy atom. The molecule has 4 unspecified atom stereocenters. The number of hydrogen-bond acceptors (Lipinski definition) is 7. The van der Waals surface area contributed by atoms with Crippen molar-refractivity contribution in [1.29, 1.82) is 0 Å². The Morgan fingerprint density at radius 3 is 2.30 bits per heavy atom. The molecule has 0 saturated carbocycles. The van der Waals surface area contributed by atoms with E-state index in [9.17, 15) is 14.7 Å². The number of rotatable bonds is 13. The molecule has 0 bridgehead atoms. The molecule has 0 heterocycles. The molecular weight excluding hydrogens is 390 g/mol. The summed E-state index contributed by atoms with van der Waals surface area (Å²) in [6.45, 7) is 5.51. The van der Waals surface area contributed by atoms with Crippen molar-refractivity contribution >= 4 is 11.9 Å². The van der Waals surface area contributed by atoms with E-state index in [1.54, 1.807) is 13.0 Å². The number of aliphatic hydroxyl groups is 1. The van der Waals surface area contributed by atoms with Gasteiger partial charge in [-0.3, -0.25) is 4.79 Å². The van der Waals surface area contributed by atoms with Gasteiger partial charge in [0, 0.05) is 6.04 Å². The molecule has 0 aromatic heterocycles. The van der Waals surface area contributed by atoms with E-state index in [2.05, 4.69) is 18.6 Å². The van der Waals surface area contributed by atoms with Crippen LogP contribution in [0.2, 0.25) is 0 Å². The van der Waals surface area contributed by atoms with E-state index in [1.165, 1.54) is 14.2 Å². The van der Waals surface area contributed by atoms with E-state index in [0.717, 1.165) is 5.56 Å². The monoisotopic (exact) mass is 425 g/mol. The summed E-state index contributed by atoms with van der Waals surface area (Å²) in [4.78, 5) is 22.4. The van der Waals surface area contributed by atoms with Gasteiger partial charge in [-0.15, -0.1) is 0 Å². The standard InChI is InChI=1S/C22H35NO7/c1-13(2)16(11-17(23)18(24)8-14(3)22(26)27)9-15-6-7-19(28-4)20(10-15)30-12-21(25)29-5/h6-7,10,13-14,16-18,24H,8-9,11-12,23H2,1-5H3,(H,26,27). The molecule has 0 radical (unpaired) electrons. The van der Waals surface area contributed by atoms with Gasteiger partial charge in [0.2, 0.25) is 0 Å². The molecule has 0 spiro atoms. The Balaban J connectivity index is 2.86. The van der Waals surface area contributed by atoms with Gasteiger partial charge in [-0.2, -0.15) is 0 Å². The summed E-state index contributed by atoms with van der Waals surface area (Å²) in [5.41, 5.74) is 7.17. The Hall–Kier alpha value is -2.32. The summed E-state index contributed by atoms with van der Waals surface area (Å²) in [6.07, 6.45) is 0.475. The highest BCUT2D eigenvalue weighted by atomic mass is 16.6. The second-order valence-corrected chi connectivity index (χ2v) is 8.00. The molecule has 1 aromatic carbocycles. The zero-order chi connectivity index (χ0) is 22.8. The molecule has 0 fully saturated rings. The zero-order valence-corrected chi connectivity index (χ0v) is 18.5. The van der Waals surface area contributed by atoms with E-state index in [4.69, 9.17) is 20.3 Å². The van der Waals surface area contributed by atoms with Crippen molar-refractivity contribution in [1.82, 2.24) is 0 Å². The average Bonchev–Trinajstić information content (AvgIpc) is 2.70. The lowest BCUT2D eigenvalue weighted by atomic mass is 9.82. The van der Waals surface area contributed by atoms with Gasteiger partial charge in [-0.05, 0) is 48.8 Å². The van der Waals surface area contributed by atoms with Gasteiger partial charge in [0.05, 0.1) is 26.2 Å². The van der Waals surface area contributed by atoms with Crippen molar-refractivity contribution in [2.75, 3.05) is 20.8 Å². The van der Waals surface area contributed by atoms with Crippen LogP contribution in [0.5, 0.6) is 11.5 Å². The van der Waals surface area contributed by atoms with Gasteiger partial charge < -0.3 is 30.2 Å². The van der Waals surface area contributed by atoms with Crippen LogP contribution in [0, 0.1) is 17.8 Å². The predicted octanol–water partition coefficient (Wildman–Crippen LogP) is 2.25. The molecule has 1 rings (SSSR count). The number of aliphatic hydroxyl groups excluding tert-OH is 1. The van der Waals surface area contributed by atoms with Crippen LogP contribution in [0.3, 0.4) is 0 Å². The predicted molar refractivity (Wildman–Crippen MR) is 113 cm³/mol. The van der Waals surface area contributed by atoms with Crippen LogP contribution in [0.1, 0.15) is 39.2 Å². The molecule has 0 amide bonds. The lowest BCUT2D eigenvalue weighted by Crippen LogP contribution is -2.39. The fourth-order valence-electron chi connectivity index (χ4n) is 3.19. The van der Waals surface area contributed by atoms with Crippen LogP contribution in [0.15, 0.2) is 18.2 Å². The van der Waals surface area contributed by atoms with E-state index in [0.29, 0.717) is 30.3 Å². The molecule has 1 aromatic rings. The summed E-state index contributed by atoms with van der Waals surface area (Å²) in [5, 5.41) is 19.4. The van der Waals surface area contributed by atoms with Crippen molar-refractivity contribution in [3.8, 4) is 11.5 Å². The normalized spacial score (nSPS) is 15.2. The number of methoxy groups -OCH3 is 2. The van der Waals surface area contributed by atoms with Gasteiger partial charge in [-0.1, -0.05) is 26.8 Å². The molecule has 30 heavy (non-hydrogen) atoms.